The summed E-state index contributed by atoms with van der Waals surface area (Å²) in [7, 11) is 0. The smallest absolute Gasteiger partial charge is 0.115 e. The van der Waals surface area contributed by atoms with Gasteiger partial charge in [-0.25, -0.2) is 0 Å². The van der Waals surface area contributed by atoms with Gasteiger partial charge in [0.2, 0.25) is 0 Å². The maximum Gasteiger partial charge on any atom is 0.115 e. The van der Waals surface area contributed by atoms with Crippen LogP contribution in [0.1, 0.15) is 115 Å². The summed E-state index contributed by atoms with van der Waals surface area (Å²) in [5.41, 5.74) is 12.6. The molecule has 0 fully saturated rings. The predicted octanol–water partition coefficient (Wildman–Crippen LogP) is 6.72. The van der Waals surface area contributed by atoms with Crippen molar-refractivity contribution in [2.75, 3.05) is 0 Å². The fourth-order valence-electron chi connectivity index (χ4n) is 3.70. The van der Waals surface area contributed by atoms with Gasteiger partial charge in [-0.15, -0.1) is 0 Å². The fourth-order valence-corrected chi connectivity index (χ4v) is 3.70. The molecule has 0 heterocycles. The Hall–Kier alpha value is -1.06. The second-order valence-electron chi connectivity index (χ2n) is 8.29. The normalized spacial score (nSPS) is 11.8. The van der Waals surface area contributed by atoms with Gasteiger partial charge in [0, 0.05) is 0 Å². The molecule has 1 rings (SSSR count). The number of hydrogen-bond donors (Lipinski definition) is 3. The summed E-state index contributed by atoms with van der Waals surface area (Å²) in [5.74, 6) is 0.251. The van der Waals surface area contributed by atoms with Crippen molar-refractivity contribution in [3.8, 4) is 5.75 Å². The lowest BCUT2D eigenvalue weighted by Gasteiger charge is -2.25. The Morgan fingerprint density at radius 3 is 1.41 bits per heavy atom. The first-order chi connectivity index (χ1) is 13.1. The predicted molar refractivity (Wildman–Crippen MR) is 118 cm³/mol. The van der Waals surface area contributed by atoms with E-state index < -0.39 is 5.66 Å². The molecular weight excluding hydrogens is 332 g/mol. The second-order valence-corrected chi connectivity index (χ2v) is 8.29. The molecule has 0 atom stereocenters. The van der Waals surface area contributed by atoms with Gasteiger partial charge in [-0.1, -0.05) is 109 Å². The minimum atomic E-state index is -0.787. The zero-order valence-corrected chi connectivity index (χ0v) is 17.7. The fraction of sp³-hybridized carbons (Fsp3) is 0.750. The van der Waals surface area contributed by atoms with Gasteiger partial charge in [0.25, 0.3) is 0 Å². The van der Waals surface area contributed by atoms with Crippen molar-refractivity contribution in [1.82, 2.24) is 0 Å². The van der Waals surface area contributed by atoms with E-state index >= 15 is 0 Å². The summed E-state index contributed by atoms with van der Waals surface area (Å²) in [5, 5.41) is 9.36. The molecule has 0 bridgehead atoms. The molecule has 0 aliphatic rings. The summed E-state index contributed by atoms with van der Waals surface area (Å²) in [6.07, 6.45) is 21.2. The standard InChI is InChI=1S/C24H44N2O/c1-2-3-4-5-6-7-8-9-10-11-12-13-14-15-16-21-24(25,26)22-17-19-23(27)20-18-22/h17-20,27H,2-16,21,25-26H2,1H3. The van der Waals surface area contributed by atoms with Crippen LogP contribution < -0.4 is 11.5 Å². The van der Waals surface area contributed by atoms with Gasteiger partial charge in [-0.05, 0) is 30.5 Å². The highest BCUT2D eigenvalue weighted by atomic mass is 16.3. The number of phenolic OH excluding ortho intramolecular Hbond substituents is 1. The third-order valence-electron chi connectivity index (χ3n) is 5.60. The van der Waals surface area contributed by atoms with Crippen molar-refractivity contribution in [3.05, 3.63) is 29.8 Å². The van der Waals surface area contributed by atoms with Crippen molar-refractivity contribution in [3.63, 3.8) is 0 Å². The summed E-state index contributed by atoms with van der Waals surface area (Å²) < 4.78 is 0. The van der Waals surface area contributed by atoms with E-state index in [0.717, 1.165) is 18.4 Å². The van der Waals surface area contributed by atoms with E-state index in [2.05, 4.69) is 6.92 Å². The third-order valence-corrected chi connectivity index (χ3v) is 5.60. The van der Waals surface area contributed by atoms with E-state index in [9.17, 15) is 5.11 Å². The molecule has 1 aromatic rings. The summed E-state index contributed by atoms with van der Waals surface area (Å²) in [6, 6.07) is 6.94. The zero-order valence-electron chi connectivity index (χ0n) is 17.7. The van der Waals surface area contributed by atoms with Crippen molar-refractivity contribution < 1.29 is 5.11 Å². The Morgan fingerprint density at radius 1 is 0.630 bits per heavy atom. The maximum absolute atomic E-state index is 9.36. The maximum atomic E-state index is 9.36. The van der Waals surface area contributed by atoms with E-state index in [1.165, 1.54) is 89.9 Å². The van der Waals surface area contributed by atoms with Crippen LogP contribution in [0.5, 0.6) is 5.75 Å². The highest BCUT2D eigenvalue weighted by molar-refractivity contribution is 5.30. The molecule has 0 spiro atoms. The van der Waals surface area contributed by atoms with E-state index in [4.69, 9.17) is 11.5 Å². The first kappa shape index (κ1) is 24.0. The Bertz CT molecular complexity index is 456. The van der Waals surface area contributed by atoms with Crippen molar-refractivity contribution in [2.45, 2.75) is 115 Å². The number of benzene rings is 1. The number of unbranched alkanes of at least 4 members (excludes halogenated alkanes) is 14. The lowest BCUT2D eigenvalue weighted by atomic mass is 9.94. The third kappa shape index (κ3) is 12.1. The molecule has 1 aromatic carbocycles. The number of nitrogens with two attached hydrogens (primary N) is 2. The molecule has 5 N–H and O–H groups in total. The first-order valence-corrected chi connectivity index (χ1v) is 11.4. The van der Waals surface area contributed by atoms with Gasteiger partial charge in [0.05, 0.1) is 5.66 Å². The second kappa shape index (κ2) is 14.9. The summed E-state index contributed by atoms with van der Waals surface area (Å²) in [6.45, 7) is 2.28. The quantitative estimate of drug-likeness (QED) is 0.208. The Balaban J connectivity index is 1.89. The van der Waals surface area contributed by atoms with E-state index in [-0.39, 0.29) is 5.75 Å². The van der Waals surface area contributed by atoms with Gasteiger partial charge in [-0.3, -0.25) is 0 Å². The molecule has 0 saturated carbocycles. The summed E-state index contributed by atoms with van der Waals surface area (Å²) >= 11 is 0. The van der Waals surface area contributed by atoms with E-state index in [0.29, 0.717) is 0 Å². The Morgan fingerprint density at radius 2 is 1.00 bits per heavy atom. The van der Waals surface area contributed by atoms with Crippen LogP contribution in [-0.2, 0) is 5.66 Å². The number of phenols is 1. The van der Waals surface area contributed by atoms with Crippen molar-refractivity contribution >= 4 is 0 Å². The Kier molecular flexibility index (Phi) is 13.3. The average Bonchev–Trinajstić information content (AvgIpc) is 2.65. The molecular formula is C24H44N2O. The molecule has 0 aromatic heterocycles. The van der Waals surface area contributed by atoms with Crippen molar-refractivity contribution in [2.24, 2.45) is 11.5 Å². The molecule has 0 aliphatic heterocycles. The molecule has 0 amide bonds. The van der Waals surface area contributed by atoms with Gasteiger partial charge in [-0.2, -0.15) is 0 Å². The van der Waals surface area contributed by atoms with Gasteiger partial charge in [0.1, 0.15) is 5.75 Å². The molecule has 27 heavy (non-hydrogen) atoms. The molecule has 0 unspecified atom stereocenters. The summed E-state index contributed by atoms with van der Waals surface area (Å²) in [4.78, 5) is 0. The highest BCUT2D eigenvalue weighted by Crippen LogP contribution is 2.22. The van der Waals surface area contributed by atoms with Crippen molar-refractivity contribution in [1.29, 1.82) is 0 Å². The zero-order chi connectivity index (χ0) is 19.8. The molecule has 3 nitrogen and oxygen atoms in total. The first-order valence-electron chi connectivity index (χ1n) is 11.4. The molecule has 0 aliphatic carbocycles. The lowest BCUT2D eigenvalue weighted by molar-refractivity contribution is 0.398. The van der Waals surface area contributed by atoms with Gasteiger partial charge < -0.3 is 16.6 Å². The largest absolute Gasteiger partial charge is 0.508 e. The lowest BCUT2D eigenvalue weighted by Crippen LogP contribution is -2.45. The topological polar surface area (TPSA) is 72.3 Å². The highest BCUT2D eigenvalue weighted by Gasteiger charge is 2.20. The van der Waals surface area contributed by atoms with E-state index in [1.54, 1.807) is 12.1 Å². The van der Waals surface area contributed by atoms with Crippen LogP contribution in [0.3, 0.4) is 0 Å². The average molecular weight is 377 g/mol. The van der Waals surface area contributed by atoms with Crippen LogP contribution >= 0.6 is 0 Å². The van der Waals surface area contributed by atoms with Crippen LogP contribution in [0.25, 0.3) is 0 Å². The van der Waals surface area contributed by atoms with Crippen LogP contribution in [0.2, 0.25) is 0 Å². The SMILES string of the molecule is CCCCCCCCCCCCCCCCCC(N)(N)c1ccc(O)cc1. The van der Waals surface area contributed by atoms with Crippen LogP contribution in [0, 0.1) is 0 Å². The van der Waals surface area contributed by atoms with Crippen LogP contribution in [0.4, 0.5) is 0 Å². The minimum absolute atomic E-state index is 0.251. The Labute approximate surface area is 167 Å². The molecule has 156 valence electrons. The minimum Gasteiger partial charge on any atom is -0.508 e. The van der Waals surface area contributed by atoms with E-state index in [1.807, 2.05) is 12.1 Å². The van der Waals surface area contributed by atoms with Gasteiger partial charge in [0.15, 0.2) is 0 Å². The monoisotopic (exact) mass is 376 g/mol. The number of rotatable bonds is 17. The number of hydrogen-bond acceptors (Lipinski definition) is 3. The molecule has 3 heteroatoms. The number of aromatic hydroxyl groups is 1. The van der Waals surface area contributed by atoms with Crippen LogP contribution in [-0.4, -0.2) is 5.11 Å². The van der Waals surface area contributed by atoms with Crippen LogP contribution in [0.15, 0.2) is 24.3 Å². The molecule has 0 saturated heterocycles. The molecule has 0 radical (unpaired) electrons. The van der Waals surface area contributed by atoms with Gasteiger partial charge >= 0.3 is 0 Å².